The van der Waals surface area contributed by atoms with E-state index in [0.29, 0.717) is 0 Å². The van der Waals surface area contributed by atoms with E-state index in [1.165, 1.54) is 17.8 Å². The van der Waals surface area contributed by atoms with Crippen molar-refractivity contribution >= 4 is 21.6 Å². The van der Waals surface area contributed by atoms with Crippen LogP contribution in [0.2, 0.25) is 0 Å². The van der Waals surface area contributed by atoms with Crippen molar-refractivity contribution in [3.63, 3.8) is 0 Å². The number of hydrogen-bond donors (Lipinski definition) is 1. The quantitative estimate of drug-likeness (QED) is 0.712. The van der Waals surface area contributed by atoms with Gasteiger partial charge in [0.05, 0.1) is 11.4 Å². The number of aryl methyl sites for hydroxylation is 1. The van der Waals surface area contributed by atoms with Crippen molar-refractivity contribution < 1.29 is 0 Å². The smallest absolute Gasteiger partial charge is 0.151 e. The zero-order chi connectivity index (χ0) is 7.84. The van der Waals surface area contributed by atoms with E-state index in [9.17, 15) is 0 Å². The highest BCUT2D eigenvalue weighted by Gasteiger charge is 2.16. The van der Waals surface area contributed by atoms with Crippen molar-refractivity contribution in [1.82, 2.24) is 9.78 Å². The molecule has 0 amide bonds. The first-order valence-corrected chi connectivity index (χ1v) is 4.53. The van der Waals surface area contributed by atoms with Crippen LogP contribution in [-0.4, -0.2) is 16.3 Å². The summed E-state index contributed by atoms with van der Waals surface area (Å²) in [6, 6.07) is 0. The number of halogens is 1. The second-order valence-electron chi connectivity index (χ2n) is 2.77. The van der Waals surface area contributed by atoms with Gasteiger partial charge < -0.3 is 5.32 Å². The summed E-state index contributed by atoms with van der Waals surface area (Å²) in [5.41, 5.74) is 2.49. The van der Waals surface area contributed by atoms with E-state index >= 15 is 0 Å². The lowest BCUT2D eigenvalue weighted by Crippen LogP contribution is -2.12. The molecule has 0 aliphatic carbocycles. The van der Waals surface area contributed by atoms with Crippen LogP contribution in [0.1, 0.15) is 12.1 Å². The summed E-state index contributed by atoms with van der Waals surface area (Å²) in [6.07, 6.45) is 2.34. The van der Waals surface area contributed by atoms with E-state index in [1.807, 2.05) is 11.7 Å². The van der Waals surface area contributed by atoms with Crippen molar-refractivity contribution in [1.29, 1.82) is 0 Å². The van der Waals surface area contributed by atoms with Gasteiger partial charge in [-0.2, -0.15) is 5.10 Å². The van der Waals surface area contributed by atoms with E-state index in [-0.39, 0.29) is 0 Å². The Kier molecular flexibility index (Phi) is 1.64. The Balaban J connectivity index is 2.52. The Morgan fingerprint density at radius 2 is 2.45 bits per heavy atom. The molecule has 60 valence electrons. The van der Waals surface area contributed by atoms with Gasteiger partial charge in [-0.25, -0.2) is 0 Å². The average Bonchev–Trinajstić information content (AvgIpc) is 2.30. The number of fused-ring (bicyclic) bond motifs is 1. The summed E-state index contributed by atoms with van der Waals surface area (Å²) in [7, 11) is 1.98. The lowest BCUT2D eigenvalue weighted by Gasteiger charge is -2.13. The second kappa shape index (κ2) is 2.52. The van der Waals surface area contributed by atoms with Crippen LogP contribution >= 0.6 is 15.9 Å². The molecule has 1 aliphatic heterocycles. The highest BCUT2D eigenvalue weighted by molar-refractivity contribution is 9.10. The van der Waals surface area contributed by atoms with Crippen molar-refractivity contribution in [2.45, 2.75) is 12.8 Å². The zero-order valence-electron chi connectivity index (χ0n) is 6.39. The fourth-order valence-electron chi connectivity index (χ4n) is 1.45. The summed E-state index contributed by atoms with van der Waals surface area (Å²) < 4.78 is 2.88. The van der Waals surface area contributed by atoms with Crippen LogP contribution in [0.5, 0.6) is 0 Å². The number of aromatic nitrogens is 2. The molecule has 11 heavy (non-hydrogen) atoms. The fraction of sp³-hybridized carbons (Fsp3) is 0.571. The van der Waals surface area contributed by atoms with Gasteiger partial charge in [0.15, 0.2) is 4.60 Å². The van der Waals surface area contributed by atoms with Gasteiger partial charge in [0, 0.05) is 13.6 Å². The molecule has 4 heteroatoms. The van der Waals surface area contributed by atoms with Gasteiger partial charge in [0.1, 0.15) is 0 Å². The molecule has 2 rings (SSSR count). The van der Waals surface area contributed by atoms with Gasteiger partial charge in [-0.1, -0.05) is 0 Å². The summed E-state index contributed by atoms with van der Waals surface area (Å²) in [5.74, 6) is 0. The summed E-state index contributed by atoms with van der Waals surface area (Å²) in [5, 5.41) is 7.59. The molecule has 0 aromatic carbocycles. The van der Waals surface area contributed by atoms with Crippen molar-refractivity contribution in [2.75, 3.05) is 11.9 Å². The molecule has 1 aromatic heterocycles. The van der Waals surface area contributed by atoms with Crippen LogP contribution in [0, 0.1) is 0 Å². The monoisotopic (exact) mass is 215 g/mol. The number of anilines is 1. The number of nitrogens with one attached hydrogen (secondary N) is 1. The Morgan fingerprint density at radius 1 is 1.64 bits per heavy atom. The third-order valence-electron chi connectivity index (χ3n) is 2.02. The molecule has 1 aromatic rings. The maximum Gasteiger partial charge on any atom is 0.151 e. The molecule has 0 radical (unpaired) electrons. The van der Waals surface area contributed by atoms with Crippen molar-refractivity contribution in [2.24, 2.45) is 7.05 Å². The molecule has 0 spiro atoms. The maximum atomic E-state index is 4.26. The summed E-state index contributed by atoms with van der Waals surface area (Å²) >= 11 is 3.41. The number of nitrogens with zero attached hydrogens (tertiary/aromatic N) is 2. The van der Waals surface area contributed by atoms with Crippen LogP contribution < -0.4 is 5.32 Å². The minimum Gasteiger partial charge on any atom is -0.381 e. The minimum atomic E-state index is 0.940. The van der Waals surface area contributed by atoms with Gasteiger partial charge in [0.2, 0.25) is 0 Å². The molecule has 0 saturated carbocycles. The standard InChI is InChI=1S/C7H10BrN3/c1-11-5-3-2-4-9-6(5)7(8)10-11/h9H,2-4H2,1H3. The molecule has 1 aliphatic rings. The van der Waals surface area contributed by atoms with Crippen LogP contribution in [0.15, 0.2) is 4.60 Å². The molecule has 3 nitrogen and oxygen atoms in total. The second-order valence-corrected chi connectivity index (χ2v) is 3.52. The number of rotatable bonds is 0. The van der Waals surface area contributed by atoms with E-state index in [2.05, 4.69) is 26.3 Å². The molecule has 0 unspecified atom stereocenters. The first-order valence-electron chi connectivity index (χ1n) is 3.74. The van der Waals surface area contributed by atoms with Gasteiger partial charge in [-0.05, 0) is 28.8 Å². The highest BCUT2D eigenvalue weighted by Crippen LogP contribution is 2.28. The van der Waals surface area contributed by atoms with Crippen molar-refractivity contribution in [3.05, 3.63) is 10.3 Å². The molecule has 2 heterocycles. The Hall–Kier alpha value is -0.510. The lowest BCUT2D eigenvalue weighted by atomic mass is 10.1. The van der Waals surface area contributed by atoms with Gasteiger partial charge >= 0.3 is 0 Å². The Bertz CT molecular complexity index is 253. The molecule has 0 atom stereocenters. The van der Waals surface area contributed by atoms with Crippen LogP contribution in [0.25, 0.3) is 0 Å². The molecule has 1 N–H and O–H groups in total. The third kappa shape index (κ3) is 1.05. The van der Waals surface area contributed by atoms with E-state index in [0.717, 1.165) is 17.6 Å². The van der Waals surface area contributed by atoms with Crippen LogP contribution in [-0.2, 0) is 13.5 Å². The predicted molar refractivity (Wildman–Crippen MR) is 47.7 cm³/mol. The highest BCUT2D eigenvalue weighted by atomic mass is 79.9. The lowest BCUT2D eigenvalue weighted by molar-refractivity contribution is 0.680. The summed E-state index contributed by atoms with van der Waals surface area (Å²) in [4.78, 5) is 0. The SMILES string of the molecule is Cn1nc(Br)c2c1CCCN2. The molecular weight excluding hydrogens is 206 g/mol. The topological polar surface area (TPSA) is 29.9 Å². The van der Waals surface area contributed by atoms with E-state index in [1.54, 1.807) is 0 Å². The first-order chi connectivity index (χ1) is 5.29. The molecule has 0 saturated heterocycles. The normalized spacial score (nSPS) is 15.8. The predicted octanol–water partition coefficient (Wildman–Crippen LogP) is 1.54. The maximum absolute atomic E-state index is 4.26. The van der Waals surface area contributed by atoms with Crippen LogP contribution in [0.3, 0.4) is 0 Å². The first kappa shape index (κ1) is 7.16. The average molecular weight is 216 g/mol. The van der Waals surface area contributed by atoms with E-state index in [4.69, 9.17) is 0 Å². The molecular formula is C7H10BrN3. The zero-order valence-corrected chi connectivity index (χ0v) is 7.98. The van der Waals surface area contributed by atoms with Gasteiger partial charge in [0.25, 0.3) is 0 Å². The van der Waals surface area contributed by atoms with Crippen LogP contribution in [0.4, 0.5) is 5.69 Å². The number of hydrogen-bond acceptors (Lipinski definition) is 2. The fourth-order valence-corrected chi connectivity index (χ4v) is 2.06. The Labute approximate surface area is 73.9 Å². The molecule has 0 bridgehead atoms. The van der Waals surface area contributed by atoms with Gasteiger partial charge in [-0.3, -0.25) is 4.68 Å². The summed E-state index contributed by atoms with van der Waals surface area (Å²) in [6.45, 7) is 1.07. The molecule has 0 fully saturated rings. The Morgan fingerprint density at radius 3 is 3.18 bits per heavy atom. The largest absolute Gasteiger partial charge is 0.381 e. The van der Waals surface area contributed by atoms with E-state index < -0.39 is 0 Å². The van der Waals surface area contributed by atoms with Crippen molar-refractivity contribution in [3.8, 4) is 0 Å². The minimum absolute atomic E-state index is 0.940. The van der Waals surface area contributed by atoms with Gasteiger partial charge in [-0.15, -0.1) is 0 Å². The third-order valence-corrected chi connectivity index (χ3v) is 2.57.